The van der Waals surface area contributed by atoms with Gasteiger partial charge < -0.3 is 15.1 Å². The lowest BCUT2D eigenvalue weighted by atomic mass is 9.94. The van der Waals surface area contributed by atoms with Gasteiger partial charge in [-0.25, -0.2) is 0 Å². The quantitative estimate of drug-likeness (QED) is 0.771. The average Bonchev–Trinajstić information content (AvgIpc) is 2.93. The maximum absolute atomic E-state index is 12.4. The molecule has 3 aliphatic heterocycles. The molecule has 3 fully saturated rings. The fourth-order valence-corrected chi connectivity index (χ4v) is 4.19. The number of nitrogens with one attached hydrogen (secondary N) is 1. The Bertz CT molecular complexity index is 360. The molecule has 20 heavy (non-hydrogen) atoms. The number of piperazine rings is 1. The molecule has 5 nitrogen and oxygen atoms in total. The zero-order valence-corrected chi connectivity index (χ0v) is 12.8. The minimum Gasteiger partial charge on any atom is -0.347 e. The van der Waals surface area contributed by atoms with Crippen molar-refractivity contribution in [1.82, 2.24) is 20.0 Å². The van der Waals surface area contributed by atoms with Crippen LogP contribution in [0.1, 0.15) is 25.7 Å². The van der Waals surface area contributed by atoms with Crippen molar-refractivity contribution in [1.29, 1.82) is 0 Å². The van der Waals surface area contributed by atoms with Gasteiger partial charge in [-0.15, -0.1) is 0 Å². The van der Waals surface area contributed by atoms with Gasteiger partial charge in [-0.3, -0.25) is 9.69 Å². The lowest BCUT2D eigenvalue weighted by molar-refractivity contribution is -0.136. The topological polar surface area (TPSA) is 38.8 Å². The molecule has 0 aromatic carbocycles. The number of carbonyl (C=O) groups is 1. The summed E-state index contributed by atoms with van der Waals surface area (Å²) in [5.41, 5.74) is 0. The molecule has 0 aliphatic carbocycles. The number of hydrogen-bond donors (Lipinski definition) is 1. The summed E-state index contributed by atoms with van der Waals surface area (Å²) in [6.07, 6.45) is 5.21. The van der Waals surface area contributed by atoms with Gasteiger partial charge in [0.1, 0.15) is 6.04 Å². The smallest absolute Gasteiger partial charge is 0.240 e. The molecule has 0 radical (unpaired) electrons. The summed E-state index contributed by atoms with van der Waals surface area (Å²) in [5.74, 6) is 0.256. The Morgan fingerprint density at radius 3 is 2.80 bits per heavy atom. The van der Waals surface area contributed by atoms with Crippen LogP contribution in [0.5, 0.6) is 0 Å². The van der Waals surface area contributed by atoms with Crippen molar-refractivity contribution in [3.05, 3.63) is 0 Å². The van der Waals surface area contributed by atoms with E-state index in [0.717, 1.165) is 25.7 Å². The molecule has 0 aromatic rings. The lowest BCUT2D eigenvalue weighted by Crippen LogP contribution is -2.62. The van der Waals surface area contributed by atoms with Crippen LogP contribution in [-0.4, -0.2) is 85.6 Å². The summed E-state index contributed by atoms with van der Waals surface area (Å²) in [5, 5.41) is 3.39. The Morgan fingerprint density at radius 1 is 1.15 bits per heavy atom. The molecule has 1 amide bonds. The molecule has 3 atom stereocenters. The van der Waals surface area contributed by atoms with E-state index >= 15 is 0 Å². The standard InChI is InChI=1S/C15H28N4O/c1-17(2)15(20)14-11-16-6-9-19(14)13-5-8-18-7-3-4-12(18)10-13/h12-14,16H,3-11H2,1-2H3. The number of piperidine rings is 1. The molecule has 114 valence electrons. The second kappa shape index (κ2) is 6.00. The van der Waals surface area contributed by atoms with Gasteiger partial charge in [-0.2, -0.15) is 0 Å². The van der Waals surface area contributed by atoms with Crippen LogP contribution < -0.4 is 5.32 Å². The van der Waals surface area contributed by atoms with Gasteiger partial charge in [-0.05, 0) is 38.8 Å². The monoisotopic (exact) mass is 280 g/mol. The second-order valence-corrected chi connectivity index (χ2v) is 6.70. The molecule has 3 heterocycles. The van der Waals surface area contributed by atoms with E-state index in [1.807, 2.05) is 14.1 Å². The van der Waals surface area contributed by atoms with Crippen molar-refractivity contribution in [2.75, 3.05) is 46.8 Å². The van der Waals surface area contributed by atoms with Crippen LogP contribution in [0.4, 0.5) is 0 Å². The highest BCUT2D eigenvalue weighted by Gasteiger charge is 2.39. The molecule has 3 unspecified atom stereocenters. The highest BCUT2D eigenvalue weighted by atomic mass is 16.2. The Kier molecular flexibility index (Phi) is 4.29. The highest BCUT2D eigenvalue weighted by Crippen LogP contribution is 2.30. The van der Waals surface area contributed by atoms with E-state index in [-0.39, 0.29) is 11.9 Å². The van der Waals surface area contributed by atoms with Crippen LogP contribution in [0, 0.1) is 0 Å². The van der Waals surface area contributed by atoms with Crippen molar-refractivity contribution in [2.45, 2.75) is 43.8 Å². The van der Waals surface area contributed by atoms with Gasteiger partial charge in [0, 0.05) is 45.8 Å². The Morgan fingerprint density at radius 2 is 2.00 bits per heavy atom. The molecular weight excluding hydrogens is 252 g/mol. The summed E-state index contributed by atoms with van der Waals surface area (Å²) in [6.45, 7) is 5.35. The number of amides is 1. The van der Waals surface area contributed by atoms with E-state index in [4.69, 9.17) is 0 Å². The fraction of sp³-hybridized carbons (Fsp3) is 0.933. The third-order valence-electron chi connectivity index (χ3n) is 5.27. The summed E-state index contributed by atoms with van der Waals surface area (Å²) in [7, 11) is 3.74. The number of nitrogens with zero attached hydrogens (tertiary/aromatic N) is 3. The Balaban J connectivity index is 1.68. The summed E-state index contributed by atoms with van der Waals surface area (Å²) in [4.78, 5) is 19.3. The van der Waals surface area contributed by atoms with Crippen molar-refractivity contribution >= 4 is 5.91 Å². The predicted molar refractivity (Wildman–Crippen MR) is 79.7 cm³/mol. The first kappa shape index (κ1) is 14.3. The Hall–Kier alpha value is -0.650. The molecule has 0 saturated carbocycles. The van der Waals surface area contributed by atoms with E-state index in [1.165, 1.54) is 38.8 Å². The highest BCUT2D eigenvalue weighted by molar-refractivity contribution is 5.81. The first-order valence-corrected chi connectivity index (χ1v) is 8.08. The zero-order valence-electron chi connectivity index (χ0n) is 12.8. The summed E-state index contributed by atoms with van der Waals surface area (Å²) >= 11 is 0. The average molecular weight is 280 g/mol. The van der Waals surface area contributed by atoms with Crippen LogP contribution in [0.3, 0.4) is 0 Å². The molecule has 3 saturated heterocycles. The third-order valence-corrected chi connectivity index (χ3v) is 5.27. The molecule has 0 aromatic heterocycles. The first-order chi connectivity index (χ1) is 9.66. The van der Waals surface area contributed by atoms with Gasteiger partial charge in [0.15, 0.2) is 0 Å². The van der Waals surface area contributed by atoms with E-state index in [9.17, 15) is 4.79 Å². The van der Waals surface area contributed by atoms with Crippen molar-refractivity contribution in [2.24, 2.45) is 0 Å². The molecule has 3 aliphatic rings. The molecule has 0 spiro atoms. The minimum atomic E-state index is 0.0386. The maximum atomic E-state index is 12.4. The van der Waals surface area contributed by atoms with E-state index in [2.05, 4.69) is 15.1 Å². The van der Waals surface area contributed by atoms with E-state index in [1.54, 1.807) is 4.90 Å². The van der Waals surface area contributed by atoms with Crippen LogP contribution >= 0.6 is 0 Å². The van der Waals surface area contributed by atoms with E-state index in [0.29, 0.717) is 6.04 Å². The van der Waals surface area contributed by atoms with Crippen LogP contribution in [0.15, 0.2) is 0 Å². The molecular formula is C15H28N4O. The number of fused-ring (bicyclic) bond motifs is 1. The summed E-state index contributed by atoms with van der Waals surface area (Å²) < 4.78 is 0. The van der Waals surface area contributed by atoms with Crippen LogP contribution in [-0.2, 0) is 4.79 Å². The minimum absolute atomic E-state index is 0.0386. The lowest BCUT2D eigenvalue weighted by Gasteiger charge is -2.46. The number of carbonyl (C=O) groups excluding carboxylic acids is 1. The molecule has 0 bridgehead atoms. The number of rotatable bonds is 2. The number of likely N-dealkylation sites (N-methyl/N-ethyl adjacent to an activating group) is 1. The van der Waals surface area contributed by atoms with Gasteiger partial charge >= 0.3 is 0 Å². The largest absolute Gasteiger partial charge is 0.347 e. The fourth-order valence-electron chi connectivity index (χ4n) is 4.19. The van der Waals surface area contributed by atoms with Crippen molar-refractivity contribution in [3.8, 4) is 0 Å². The number of hydrogen-bond acceptors (Lipinski definition) is 4. The second-order valence-electron chi connectivity index (χ2n) is 6.70. The third kappa shape index (κ3) is 2.71. The van der Waals surface area contributed by atoms with Gasteiger partial charge in [0.25, 0.3) is 0 Å². The van der Waals surface area contributed by atoms with Gasteiger partial charge in [0.2, 0.25) is 5.91 Å². The van der Waals surface area contributed by atoms with E-state index < -0.39 is 0 Å². The summed E-state index contributed by atoms with van der Waals surface area (Å²) in [6, 6.07) is 1.42. The van der Waals surface area contributed by atoms with Crippen molar-refractivity contribution in [3.63, 3.8) is 0 Å². The zero-order chi connectivity index (χ0) is 14.1. The normalized spacial score (nSPS) is 35.8. The van der Waals surface area contributed by atoms with Gasteiger partial charge in [-0.1, -0.05) is 0 Å². The predicted octanol–water partition coefficient (Wildman–Crippen LogP) is -0.0248. The van der Waals surface area contributed by atoms with Crippen LogP contribution in [0.25, 0.3) is 0 Å². The molecule has 3 rings (SSSR count). The molecule has 1 N–H and O–H groups in total. The maximum Gasteiger partial charge on any atom is 0.240 e. The van der Waals surface area contributed by atoms with Gasteiger partial charge in [0.05, 0.1) is 0 Å². The van der Waals surface area contributed by atoms with Crippen LogP contribution in [0.2, 0.25) is 0 Å². The molecule has 5 heteroatoms. The first-order valence-electron chi connectivity index (χ1n) is 8.08. The van der Waals surface area contributed by atoms with Crippen molar-refractivity contribution < 1.29 is 4.79 Å². The SMILES string of the molecule is CN(C)C(=O)C1CNCCN1C1CCN2CCCC2C1. The Labute approximate surface area is 122 Å².